The second kappa shape index (κ2) is 8.25. The Morgan fingerprint density at radius 1 is 1.14 bits per heavy atom. The Hall–Kier alpha value is -2.09. The molecule has 1 rings (SSSR count). The van der Waals surface area contributed by atoms with Crippen LogP contribution in [0.3, 0.4) is 0 Å². The number of nitrogens with zero attached hydrogens (tertiary/aromatic N) is 1. The van der Waals surface area contributed by atoms with Crippen LogP contribution in [0.2, 0.25) is 0 Å². The van der Waals surface area contributed by atoms with Crippen LogP contribution in [0.1, 0.15) is 24.2 Å². The van der Waals surface area contributed by atoms with Crippen molar-refractivity contribution >= 4 is 34.0 Å². The van der Waals surface area contributed by atoms with Crippen molar-refractivity contribution in [3.05, 3.63) is 34.3 Å². The van der Waals surface area contributed by atoms with E-state index in [0.29, 0.717) is 9.48 Å². The summed E-state index contributed by atoms with van der Waals surface area (Å²) in [4.78, 5) is 35.6. The fourth-order valence-electron chi connectivity index (χ4n) is 1.38. The van der Waals surface area contributed by atoms with Gasteiger partial charge in [-0.1, -0.05) is 12.1 Å². The fraction of sp³-hybridized carbons (Fsp3) is 0.308. The summed E-state index contributed by atoms with van der Waals surface area (Å²) in [5.41, 5.74) is 2.25. The van der Waals surface area contributed by atoms with Crippen molar-refractivity contribution in [3.8, 4) is 0 Å². The van der Waals surface area contributed by atoms with E-state index in [1.54, 1.807) is 32.0 Å². The van der Waals surface area contributed by atoms with Crippen LogP contribution in [0.15, 0.2) is 28.7 Å². The fourth-order valence-corrected chi connectivity index (χ4v) is 1.83. The molecule has 1 N–H and O–H groups in total. The average molecular weight is 359 g/mol. The van der Waals surface area contributed by atoms with E-state index in [1.165, 1.54) is 6.07 Å². The number of nitrogens with one attached hydrogen (secondary N) is 1. The molecule has 0 saturated heterocycles. The van der Waals surface area contributed by atoms with Gasteiger partial charge in [-0.15, -0.1) is 5.01 Å². The highest BCUT2D eigenvalue weighted by molar-refractivity contribution is 9.10. The Morgan fingerprint density at radius 3 is 2.33 bits per heavy atom. The van der Waals surface area contributed by atoms with Crippen LogP contribution >= 0.6 is 15.9 Å². The Balaban J connectivity index is 3.00. The molecule has 0 aliphatic heterocycles. The first-order valence-electron chi connectivity index (χ1n) is 6.20. The number of halogens is 1. The van der Waals surface area contributed by atoms with Gasteiger partial charge in [-0.25, -0.2) is 15.0 Å². The zero-order chi connectivity index (χ0) is 15.8. The number of carbonyl (C=O) groups is 3. The van der Waals surface area contributed by atoms with Crippen LogP contribution in [-0.4, -0.2) is 36.3 Å². The third-order valence-electron chi connectivity index (χ3n) is 2.24. The van der Waals surface area contributed by atoms with Crippen molar-refractivity contribution in [2.45, 2.75) is 13.8 Å². The highest BCUT2D eigenvalue weighted by Gasteiger charge is 2.28. The highest BCUT2D eigenvalue weighted by Crippen LogP contribution is 2.17. The molecule has 0 saturated carbocycles. The average Bonchev–Trinajstić information content (AvgIpc) is 2.45. The molecule has 0 aliphatic carbocycles. The third-order valence-corrected chi connectivity index (χ3v) is 2.93. The van der Waals surface area contributed by atoms with E-state index >= 15 is 0 Å². The molecule has 0 aromatic heterocycles. The molecule has 1 aromatic rings. The summed E-state index contributed by atoms with van der Waals surface area (Å²) in [5.74, 6) is -0.742. The molecule has 0 heterocycles. The number of hydrogen-bond acceptors (Lipinski definition) is 5. The lowest BCUT2D eigenvalue weighted by Crippen LogP contribution is -2.50. The third kappa shape index (κ3) is 4.75. The second-order valence-electron chi connectivity index (χ2n) is 3.65. The molecule has 21 heavy (non-hydrogen) atoms. The van der Waals surface area contributed by atoms with E-state index in [-0.39, 0.29) is 18.8 Å². The van der Waals surface area contributed by atoms with Gasteiger partial charge in [0.25, 0.3) is 5.91 Å². The predicted molar refractivity (Wildman–Crippen MR) is 77.5 cm³/mol. The Labute approximate surface area is 130 Å². The molecule has 114 valence electrons. The molecule has 0 fully saturated rings. The number of benzene rings is 1. The molecule has 0 radical (unpaired) electrons. The largest absolute Gasteiger partial charge is 0.449 e. The maximum atomic E-state index is 12.3. The van der Waals surface area contributed by atoms with Crippen molar-refractivity contribution in [3.63, 3.8) is 0 Å². The zero-order valence-corrected chi connectivity index (χ0v) is 13.2. The number of amides is 3. The minimum absolute atomic E-state index is 0.0586. The van der Waals surface area contributed by atoms with E-state index in [2.05, 4.69) is 26.1 Å². The summed E-state index contributed by atoms with van der Waals surface area (Å²) in [6.07, 6.45) is -1.92. The van der Waals surface area contributed by atoms with Crippen LogP contribution in [0.5, 0.6) is 0 Å². The molecule has 0 aliphatic rings. The molecule has 8 heteroatoms. The molecule has 1 aromatic carbocycles. The maximum absolute atomic E-state index is 12.3. The monoisotopic (exact) mass is 358 g/mol. The Kier molecular flexibility index (Phi) is 6.67. The van der Waals surface area contributed by atoms with Crippen molar-refractivity contribution in [2.24, 2.45) is 0 Å². The summed E-state index contributed by atoms with van der Waals surface area (Å²) in [6.45, 7) is 3.35. The predicted octanol–water partition coefficient (Wildman–Crippen LogP) is 2.71. The van der Waals surface area contributed by atoms with Gasteiger partial charge in [-0.3, -0.25) is 4.79 Å². The first-order chi connectivity index (χ1) is 10.0. The standard InChI is InChI=1S/C13H15BrN2O5/c1-3-20-12(18)15-16(13(19)21-4-2)11(17)9-7-5-6-8-10(9)14/h5-8H,3-4H2,1-2H3,(H,15,18). The molecule has 3 amide bonds. The molecular formula is C13H15BrN2O5. The quantitative estimate of drug-likeness (QED) is 0.839. The van der Waals surface area contributed by atoms with Gasteiger partial charge >= 0.3 is 12.2 Å². The minimum Gasteiger partial charge on any atom is -0.449 e. The number of hydrazine groups is 1. The summed E-state index contributed by atoms with van der Waals surface area (Å²) in [5, 5.41) is 0.474. The number of ether oxygens (including phenoxy) is 2. The van der Waals surface area contributed by atoms with Gasteiger partial charge in [0.1, 0.15) is 0 Å². The number of carbonyl (C=O) groups excluding carboxylic acids is 3. The first kappa shape index (κ1) is 17.0. The van der Waals surface area contributed by atoms with Gasteiger partial charge in [-0.2, -0.15) is 0 Å². The molecule has 0 atom stereocenters. The van der Waals surface area contributed by atoms with Crippen LogP contribution in [0.4, 0.5) is 9.59 Å². The number of imide groups is 1. The van der Waals surface area contributed by atoms with Crippen molar-refractivity contribution < 1.29 is 23.9 Å². The lowest BCUT2D eigenvalue weighted by molar-refractivity contribution is 0.0521. The summed E-state index contributed by atoms with van der Waals surface area (Å²) < 4.78 is 9.88. The number of rotatable bonds is 3. The molecule has 0 unspecified atom stereocenters. The normalized spacial score (nSPS) is 9.67. The highest BCUT2D eigenvalue weighted by atomic mass is 79.9. The lowest BCUT2D eigenvalue weighted by atomic mass is 10.2. The van der Waals surface area contributed by atoms with Gasteiger partial charge < -0.3 is 9.47 Å². The van der Waals surface area contributed by atoms with Crippen molar-refractivity contribution in [2.75, 3.05) is 13.2 Å². The Bertz CT molecular complexity index is 535. The Morgan fingerprint density at radius 2 is 1.76 bits per heavy atom. The molecule has 7 nitrogen and oxygen atoms in total. The van der Waals surface area contributed by atoms with Crippen LogP contribution in [0.25, 0.3) is 0 Å². The smallest absolute Gasteiger partial charge is 0.436 e. The summed E-state index contributed by atoms with van der Waals surface area (Å²) in [6, 6.07) is 6.49. The van der Waals surface area contributed by atoms with Crippen LogP contribution in [-0.2, 0) is 9.47 Å². The van der Waals surface area contributed by atoms with E-state index < -0.39 is 18.1 Å². The van der Waals surface area contributed by atoms with Gasteiger partial charge in [0, 0.05) is 4.47 Å². The second-order valence-corrected chi connectivity index (χ2v) is 4.51. The van der Waals surface area contributed by atoms with E-state index in [1.807, 2.05) is 0 Å². The summed E-state index contributed by atoms with van der Waals surface area (Å²) >= 11 is 3.21. The van der Waals surface area contributed by atoms with Crippen molar-refractivity contribution in [1.29, 1.82) is 0 Å². The number of hydrogen-bond donors (Lipinski definition) is 1. The zero-order valence-electron chi connectivity index (χ0n) is 11.6. The van der Waals surface area contributed by atoms with E-state index in [0.717, 1.165) is 0 Å². The SMILES string of the molecule is CCOC(=O)NN(C(=O)OCC)C(=O)c1ccccc1Br. The molecule has 0 spiro atoms. The topological polar surface area (TPSA) is 84.9 Å². The molecule has 0 bridgehead atoms. The van der Waals surface area contributed by atoms with Crippen molar-refractivity contribution in [1.82, 2.24) is 10.4 Å². The molecular weight excluding hydrogens is 344 g/mol. The summed E-state index contributed by atoms with van der Waals surface area (Å²) in [7, 11) is 0. The minimum atomic E-state index is -0.994. The first-order valence-corrected chi connectivity index (χ1v) is 6.99. The van der Waals surface area contributed by atoms with E-state index in [9.17, 15) is 14.4 Å². The maximum Gasteiger partial charge on any atom is 0.436 e. The van der Waals surface area contributed by atoms with Crippen LogP contribution < -0.4 is 5.43 Å². The van der Waals surface area contributed by atoms with Gasteiger partial charge in [-0.05, 0) is 41.9 Å². The van der Waals surface area contributed by atoms with Crippen LogP contribution in [0, 0.1) is 0 Å². The van der Waals surface area contributed by atoms with Gasteiger partial charge in [0.05, 0.1) is 18.8 Å². The lowest BCUT2D eigenvalue weighted by Gasteiger charge is -2.20. The van der Waals surface area contributed by atoms with Gasteiger partial charge in [0.15, 0.2) is 0 Å². The van der Waals surface area contributed by atoms with Gasteiger partial charge in [0.2, 0.25) is 0 Å². The van der Waals surface area contributed by atoms with E-state index in [4.69, 9.17) is 4.74 Å².